The van der Waals surface area contributed by atoms with Gasteiger partial charge in [-0.05, 0) is 19.0 Å². The zero-order valence-electron chi connectivity index (χ0n) is 9.81. The van der Waals surface area contributed by atoms with Crippen LogP contribution in [0, 0.1) is 0 Å². The second kappa shape index (κ2) is 5.10. The van der Waals surface area contributed by atoms with Gasteiger partial charge in [-0.15, -0.1) is 0 Å². The summed E-state index contributed by atoms with van der Waals surface area (Å²) in [6, 6.07) is 11.5. The van der Waals surface area contributed by atoms with Crippen LogP contribution in [0.5, 0.6) is 0 Å². The molecule has 1 aromatic heterocycles. The third kappa shape index (κ3) is 2.53. The van der Waals surface area contributed by atoms with Gasteiger partial charge in [-0.25, -0.2) is 4.39 Å². The number of hydrogen-bond acceptors (Lipinski definition) is 2. The molecular formula is C13H16FN3. The highest BCUT2D eigenvalue weighted by Crippen LogP contribution is 2.25. The van der Waals surface area contributed by atoms with Crippen LogP contribution in [0.15, 0.2) is 36.4 Å². The number of benzene rings is 1. The maximum Gasteiger partial charge on any atom is 0.143 e. The van der Waals surface area contributed by atoms with Crippen molar-refractivity contribution < 1.29 is 4.39 Å². The summed E-state index contributed by atoms with van der Waals surface area (Å²) >= 11 is 0. The van der Waals surface area contributed by atoms with Gasteiger partial charge in [0.1, 0.15) is 6.17 Å². The molecule has 2 aromatic rings. The fraction of sp³-hybridized carbons (Fsp3) is 0.308. The highest BCUT2D eigenvalue weighted by molar-refractivity contribution is 5.59. The van der Waals surface area contributed by atoms with Crippen molar-refractivity contribution in [1.29, 1.82) is 0 Å². The molecule has 1 unspecified atom stereocenters. The number of aryl methyl sites for hydroxylation is 1. The van der Waals surface area contributed by atoms with E-state index in [-0.39, 0.29) is 0 Å². The van der Waals surface area contributed by atoms with E-state index < -0.39 is 6.17 Å². The van der Waals surface area contributed by atoms with Gasteiger partial charge < -0.3 is 5.73 Å². The first kappa shape index (κ1) is 11.8. The largest absolute Gasteiger partial charge is 0.330 e. The second-order valence-electron chi connectivity index (χ2n) is 3.99. The first-order chi connectivity index (χ1) is 8.22. The Morgan fingerprint density at radius 2 is 2.06 bits per heavy atom. The maximum absolute atomic E-state index is 13.8. The molecule has 1 heterocycles. The number of aromatic nitrogens is 2. The average Bonchev–Trinajstić information content (AvgIpc) is 2.73. The Morgan fingerprint density at radius 3 is 2.71 bits per heavy atom. The highest BCUT2D eigenvalue weighted by Gasteiger charge is 2.15. The Bertz CT molecular complexity index is 479. The Kier molecular flexibility index (Phi) is 3.54. The Morgan fingerprint density at radius 1 is 1.35 bits per heavy atom. The van der Waals surface area contributed by atoms with Crippen molar-refractivity contribution in [2.75, 3.05) is 6.54 Å². The summed E-state index contributed by atoms with van der Waals surface area (Å²) in [5.74, 6) is 0. The third-order valence-electron chi connectivity index (χ3n) is 2.73. The first-order valence-corrected chi connectivity index (χ1v) is 5.66. The van der Waals surface area contributed by atoms with E-state index in [1.807, 2.05) is 30.3 Å². The lowest BCUT2D eigenvalue weighted by Gasteiger charge is -2.05. The SMILES string of the molecule is Cn1nc(-c2ccccc2)cc1C(F)CCN. The molecule has 90 valence electrons. The van der Waals surface area contributed by atoms with Crippen molar-refractivity contribution in [2.24, 2.45) is 12.8 Å². The summed E-state index contributed by atoms with van der Waals surface area (Å²) in [6.07, 6.45) is -0.719. The van der Waals surface area contributed by atoms with Gasteiger partial charge in [0.15, 0.2) is 0 Å². The van der Waals surface area contributed by atoms with Crippen LogP contribution in [0.1, 0.15) is 18.3 Å². The van der Waals surface area contributed by atoms with E-state index >= 15 is 0 Å². The molecule has 4 heteroatoms. The molecule has 0 radical (unpaired) electrons. The van der Waals surface area contributed by atoms with Gasteiger partial charge in [-0.3, -0.25) is 4.68 Å². The van der Waals surface area contributed by atoms with E-state index in [0.717, 1.165) is 11.3 Å². The molecule has 0 spiro atoms. The van der Waals surface area contributed by atoms with Gasteiger partial charge >= 0.3 is 0 Å². The van der Waals surface area contributed by atoms with Crippen LogP contribution in [0.2, 0.25) is 0 Å². The summed E-state index contributed by atoms with van der Waals surface area (Å²) < 4.78 is 15.4. The Hall–Kier alpha value is -1.68. The van der Waals surface area contributed by atoms with Crippen LogP contribution in [0.3, 0.4) is 0 Å². The molecule has 0 aliphatic heterocycles. The van der Waals surface area contributed by atoms with Crippen LogP contribution < -0.4 is 5.73 Å². The molecule has 3 nitrogen and oxygen atoms in total. The molecule has 0 saturated carbocycles. The van der Waals surface area contributed by atoms with Crippen molar-refractivity contribution in [3.8, 4) is 11.3 Å². The standard InChI is InChI=1S/C13H16FN3/c1-17-13(11(14)7-8-15)9-12(16-17)10-5-3-2-4-6-10/h2-6,9,11H,7-8,15H2,1H3. The van der Waals surface area contributed by atoms with E-state index in [4.69, 9.17) is 5.73 Å². The number of nitrogens with two attached hydrogens (primary N) is 1. The summed E-state index contributed by atoms with van der Waals surface area (Å²) in [4.78, 5) is 0. The Labute approximate surface area is 100 Å². The fourth-order valence-electron chi connectivity index (χ4n) is 1.82. The molecule has 0 aliphatic rings. The van der Waals surface area contributed by atoms with Gasteiger partial charge in [-0.2, -0.15) is 5.10 Å². The van der Waals surface area contributed by atoms with Crippen molar-refractivity contribution in [3.05, 3.63) is 42.1 Å². The minimum absolute atomic E-state index is 0.327. The Balaban J connectivity index is 2.31. The monoisotopic (exact) mass is 233 g/mol. The molecule has 0 amide bonds. The molecule has 17 heavy (non-hydrogen) atoms. The molecule has 1 atom stereocenters. The lowest BCUT2D eigenvalue weighted by atomic mass is 10.1. The molecule has 1 aromatic carbocycles. The van der Waals surface area contributed by atoms with Gasteiger partial charge in [-0.1, -0.05) is 30.3 Å². The maximum atomic E-state index is 13.8. The van der Waals surface area contributed by atoms with Crippen LogP contribution in [0.4, 0.5) is 4.39 Å². The van der Waals surface area contributed by atoms with Crippen LogP contribution >= 0.6 is 0 Å². The molecule has 0 bridgehead atoms. The predicted octanol–water partition coefficient (Wildman–Crippen LogP) is 2.45. The van der Waals surface area contributed by atoms with Crippen LogP contribution in [0.25, 0.3) is 11.3 Å². The number of alkyl halides is 1. The summed E-state index contributed by atoms with van der Waals surface area (Å²) in [5.41, 5.74) is 7.73. The molecule has 2 rings (SSSR count). The lowest BCUT2D eigenvalue weighted by molar-refractivity contribution is 0.310. The zero-order valence-corrected chi connectivity index (χ0v) is 9.81. The predicted molar refractivity (Wildman–Crippen MR) is 66.2 cm³/mol. The first-order valence-electron chi connectivity index (χ1n) is 5.66. The topological polar surface area (TPSA) is 43.8 Å². The average molecular weight is 233 g/mol. The van der Waals surface area contributed by atoms with Gasteiger partial charge in [0.25, 0.3) is 0 Å². The summed E-state index contributed by atoms with van der Waals surface area (Å²) in [6.45, 7) is 0.340. The lowest BCUT2D eigenvalue weighted by Crippen LogP contribution is -2.07. The van der Waals surface area contributed by atoms with Crippen LogP contribution in [-0.2, 0) is 7.05 Å². The van der Waals surface area contributed by atoms with E-state index in [9.17, 15) is 4.39 Å². The third-order valence-corrected chi connectivity index (χ3v) is 2.73. The normalized spacial score (nSPS) is 12.6. The molecule has 0 aliphatic carbocycles. The van der Waals surface area contributed by atoms with E-state index in [1.165, 1.54) is 0 Å². The van der Waals surface area contributed by atoms with Gasteiger partial charge in [0, 0.05) is 12.6 Å². The minimum atomic E-state index is -1.05. The molecule has 0 fully saturated rings. The number of halogens is 1. The highest BCUT2D eigenvalue weighted by atomic mass is 19.1. The quantitative estimate of drug-likeness (QED) is 0.881. The van der Waals surface area contributed by atoms with Gasteiger partial charge in [0.05, 0.1) is 11.4 Å². The van der Waals surface area contributed by atoms with E-state index in [2.05, 4.69) is 5.10 Å². The fourth-order valence-corrected chi connectivity index (χ4v) is 1.82. The van der Waals surface area contributed by atoms with Crippen molar-refractivity contribution in [1.82, 2.24) is 9.78 Å². The second-order valence-corrected chi connectivity index (χ2v) is 3.99. The molecule has 0 saturated heterocycles. The minimum Gasteiger partial charge on any atom is -0.330 e. The molecular weight excluding hydrogens is 217 g/mol. The van der Waals surface area contributed by atoms with Crippen molar-refractivity contribution in [2.45, 2.75) is 12.6 Å². The number of hydrogen-bond donors (Lipinski definition) is 1. The van der Waals surface area contributed by atoms with Gasteiger partial charge in [0.2, 0.25) is 0 Å². The summed E-state index contributed by atoms with van der Waals surface area (Å²) in [5, 5.41) is 4.32. The van der Waals surface area contributed by atoms with Crippen molar-refractivity contribution >= 4 is 0 Å². The van der Waals surface area contributed by atoms with Crippen LogP contribution in [-0.4, -0.2) is 16.3 Å². The number of rotatable bonds is 4. The molecule has 2 N–H and O–H groups in total. The smallest absolute Gasteiger partial charge is 0.143 e. The number of nitrogens with zero attached hydrogens (tertiary/aromatic N) is 2. The summed E-state index contributed by atoms with van der Waals surface area (Å²) in [7, 11) is 1.75. The van der Waals surface area contributed by atoms with Crippen molar-refractivity contribution in [3.63, 3.8) is 0 Å². The van der Waals surface area contributed by atoms with E-state index in [1.54, 1.807) is 17.8 Å². The zero-order chi connectivity index (χ0) is 12.3. The van der Waals surface area contributed by atoms with E-state index in [0.29, 0.717) is 18.7 Å².